The molecule has 0 radical (unpaired) electrons. The average molecular weight is 390 g/mol. The maximum absolute atomic E-state index is 5.32. The Kier molecular flexibility index (Phi) is 9.90. The van der Waals surface area contributed by atoms with Crippen LogP contribution in [0.3, 0.4) is 0 Å². The van der Waals surface area contributed by atoms with Gasteiger partial charge in [-0.3, -0.25) is 0 Å². The second-order valence-corrected chi connectivity index (χ2v) is 3.99. The number of nitrogens with one attached hydrogen (secondary N) is 2. The molecule has 0 aliphatic rings. The minimum Gasteiger partial charge on any atom is -0.361 e. The zero-order valence-electron chi connectivity index (χ0n) is 12.3. The summed E-state index contributed by atoms with van der Waals surface area (Å²) in [6, 6.07) is 0. The molecule has 6 heteroatoms. The quantitative estimate of drug-likeness (QED) is 0.338. The highest BCUT2D eigenvalue weighted by Crippen LogP contribution is 2.16. The van der Waals surface area contributed by atoms with Crippen molar-refractivity contribution in [3.63, 3.8) is 0 Å². The predicted octanol–water partition coefficient (Wildman–Crippen LogP) is 2.11. The van der Waals surface area contributed by atoms with E-state index in [-0.39, 0.29) is 24.0 Å². The maximum atomic E-state index is 5.32. The molecule has 0 unspecified atom stereocenters. The van der Waals surface area contributed by atoms with E-state index in [1.165, 1.54) is 0 Å². The van der Waals surface area contributed by atoms with Gasteiger partial charge in [-0.25, -0.2) is 4.99 Å². The van der Waals surface area contributed by atoms with Crippen molar-refractivity contribution in [2.24, 2.45) is 4.99 Å². The highest BCUT2D eigenvalue weighted by atomic mass is 127. The van der Waals surface area contributed by atoms with Crippen LogP contribution in [-0.4, -0.2) is 24.2 Å². The summed E-state index contributed by atoms with van der Waals surface area (Å²) >= 11 is 0. The molecular formula is C14H23IN4O. The fraction of sp³-hybridized carbons (Fsp3) is 0.571. The van der Waals surface area contributed by atoms with Crippen molar-refractivity contribution in [3.05, 3.63) is 17.0 Å². The highest BCUT2D eigenvalue weighted by Gasteiger charge is 2.12. The first kappa shape index (κ1) is 18.8. The smallest absolute Gasteiger partial charge is 0.192 e. The Morgan fingerprint density at radius 2 is 2.05 bits per heavy atom. The molecule has 5 nitrogen and oxygen atoms in total. The molecule has 0 atom stereocenters. The van der Waals surface area contributed by atoms with Crippen molar-refractivity contribution in [1.29, 1.82) is 0 Å². The van der Waals surface area contributed by atoms with E-state index < -0.39 is 0 Å². The van der Waals surface area contributed by atoms with Crippen molar-refractivity contribution in [3.8, 4) is 12.3 Å². The van der Waals surface area contributed by atoms with Crippen LogP contribution in [0, 0.1) is 12.3 Å². The van der Waals surface area contributed by atoms with E-state index in [1.807, 2.05) is 6.92 Å². The summed E-state index contributed by atoms with van der Waals surface area (Å²) in [5.41, 5.74) is 2.07. The van der Waals surface area contributed by atoms with E-state index in [9.17, 15) is 0 Å². The van der Waals surface area contributed by atoms with Crippen LogP contribution in [0.4, 0.5) is 0 Å². The Morgan fingerprint density at radius 1 is 1.30 bits per heavy atom. The van der Waals surface area contributed by atoms with Crippen LogP contribution in [0.15, 0.2) is 9.52 Å². The van der Waals surface area contributed by atoms with Gasteiger partial charge in [-0.05, 0) is 13.3 Å². The van der Waals surface area contributed by atoms with Gasteiger partial charge in [0.05, 0.1) is 18.8 Å². The summed E-state index contributed by atoms with van der Waals surface area (Å²) in [5, 5.41) is 10.3. The molecule has 0 saturated heterocycles. The van der Waals surface area contributed by atoms with Gasteiger partial charge in [-0.1, -0.05) is 24.9 Å². The Labute approximate surface area is 138 Å². The summed E-state index contributed by atoms with van der Waals surface area (Å²) in [6.45, 7) is 7.93. The van der Waals surface area contributed by atoms with Gasteiger partial charge in [0.25, 0.3) is 0 Å². The Balaban J connectivity index is 0.00000361. The normalized spacial score (nSPS) is 10.6. The van der Waals surface area contributed by atoms with Crippen LogP contribution in [0.1, 0.15) is 37.8 Å². The third kappa shape index (κ3) is 5.41. The highest BCUT2D eigenvalue weighted by molar-refractivity contribution is 14.0. The van der Waals surface area contributed by atoms with Crippen molar-refractivity contribution >= 4 is 29.9 Å². The molecule has 20 heavy (non-hydrogen) atoms. The second-order valence-electron chi connectivity index (χ2n) is 3.99. The monoisotopic (exact) mass is 390 g/mol. The third-order valence-corrected chi connectivity index (χ3v) is 2.70. The van der Waals surface area contributed by atoms with Crippen molar-refractivity contribution in [2.75, 3.05) is 13.1 Å². The molecule has 0 amide bonds. The maximum Gasteiger partial charge on any atom is 0.192 e. The SMILES string of the molecule is C#CCNC(=NCc1c(CC)noc1CC)NCC.I. The van der Waals surface area contributed by atoms with E-state index in [0.717, 1.165) is 36.4 Å². The number of terminal acetylenes is 1. The molecule has 0 aromatic carbocycles. The second kappa shape index (κ2) is 10.5. The topological polar surface area (TPSA) is 62.5 Å². The minimum absolute atomic E-state index is 0. The van der Waals surface area contributed by atoms with Gasteiger partial charge < -0.3 is 15.2 Å². The molecule has 0 fully saturated rings. The first-order valence-electron chi connectivity index (χ1n) is 6.68. The van der Waals surface area contributed by atoms with Crippen molar-refractivity contribution in [2.45, 2.75) is 40.2 Å². The largest absolute Gasteiger partial charge is 0.361 e. The summed E-state index contributed by atoms with van der Waals surface area (Å²) in [5.74, 6) is 4.16. The van der Waals surface area contributed by atoms with Gasteiger partial charge in [0.15, 0.2) is 5.96 Å². The van der Waals surface area contributed by atoms with Crippen LogP contribution in [-0.2, 0) is 19.4 Å². The number of aryl methyl sites for hydroxylation is 2. The Bertz CT molecular complexity index is 441. The number of hydrogen-bond acceptors (Lipinski definition) is 3. The van der Waals surface area contributed by atoms with E-state index in [0.29, 0.717) is 19.0 Å². The summed E-state index contributed by atoms with van der Waals surface area (Å²) in [7, 11) is 0. The molecule has 0 saturated carbocycles. The Hall–Kier alpha value is -1.23. The fourth-order valence-corrected chi connectivity index (χ4v) is 1.75. The first-order chi connectivity index (χ1) is 9.26. The van der Waals surface area contributed by atoms with Gasteiger partial charge in [-0.2, -0.15) is 0 Å². The zero-order valence-corrected chi connectivity index (χ0v) is 14.7. The number of aliphatic imine (C=N–C) groups is 1. The molecule has 0 spiro atoms. The number of aromatic nitrogens is 1. The zero-order chi connectivity index (χ0) is 14.1. The summed E-state index contributed by atoms with van der Waals surface area (Å²) in [4.78, 5) is 4.51. The molecule has 1 rings (SSSR count). The number of halogens is 1. The lowest BCUT2D eigenvalue weighted by Crippen LogP contribution is -2.37. The van der Waals surface area contributed by atoms with Crippen LogP contribution < -0.4 is 10.6 Å². The molecule has 1 aromatic rings. The molecule has 1 heterocycles. The van der Waals surface area contributed by atoms with Crippen molar-refractivity contribution < 1.29 is 4.52 Å². The predicted molar refractivity (Wildman–Crippen MR) is 92.3 cm³/mol. The summed E-state index contributed by atoms with van der Waals surface area (Å²) in [6.07, 6.45) is 6.91. The van der Waals surface area contributed by atoms with Crippen LogP contribution >= 0.6 is 24.0 Å². The third-order valence-electron chi connectivity index (χ3n) is 2.70. The molecular weight excluding hydrogens is 367 g/mol. The lowest BCUT2D eigenvalue weighted by atomic mass is 10.1. The van der Waals surface area contributed by atoms with Crippen LogP contribution in [0.25, 0.3) is 0 Å². The fourth-order valence-electron chi connectivity index (χ4n) is 1.75. The number of rotatable bonds is 6. The molecule has 2 N–H and O–H groups in total. The lowest BCUT2D eigenvalue weighted by molar-refractivity contribution is 0.380. The molecule has 0 bridgehead atoms. The van der Waals surface area contributed by atoms with E-state index >= 15 is 0 Å². The molecule has 0 aliphatic heterocycles. The Morgan fingerprint density at radius 3 is 2.60 bits per heavy atom. The average Bonchev–Trinajstić information content (AvgIpc) is 2.83. The molecule has 112 valence electrons. The number of guanidine groups is 1. The van der Waals surface area contributed by atoms with E-state index in [4.69, 9.17) is 10.9 Å². The number of hydrogen-bond donors (Lipinski definition) is 2. The minimum atomic E-state index is 0. The van der Waals surface area contributed by atoms with Gasteiger partial charge in [0.2, 0.25) is 0 Å². The van der Waals surface area contributed by atoms with Crippen LogP contribution in [0.5, 0.6) is 0 Å². The molecule has 0 aliphatic carbocycles. The van der Waals surface area contributed by atoms with Gasteiger partial charge in [0.1, 0.15) is 5.76 Å². The van der Waals surface area contributed by atoms with Crippen molar-refractivity contribution in [1.82, 2.24) is 15.8 Å². The standard InChI is InChI=1S/C14H22N4O.HI/c1-5-9-16-14(15-8-4)17-10-11-12(6-2)18-19-13(11)7-3;/h1H,6-10H2,2-4H3,(H2,15,16,17);1H. The number of nitrogens with zero attached hydrogens (tertiary/aromatic N) is 2. The van der Waals surface area contributed by atoms with Gasteiger partial charge in [0, 0.05) is 18.5 Å². The van der Waals surface area contributed by atoms with Crippen LogP contribution in [0.2, 0.25) is 0 Å². The first-order valence-corrected chi connectivity index (χ1v) is 6.68. The lowest BCUT2D eigenvalue weighted by Gasteiger charge is -2.08. The molecule has 1 aromatic heterocycles. The summed E-state index contributed by atoms with van der Waals surface area (Å²) < 4.78 is 5.32. The van der Waals surface area contributed by atoms with E-state index in [2.05, 4.69) is 40.6 Å². The van der Waals surface area contributed by atoms with E-state index in [1.54, 1.807) is 0 Å². The van der Waals surface area contributed by atoms with Gasteiger partial charge >= 0.3 is 0 Å². The van der Waals surface area contributed by atoms with Gasteiger partial charge in [-0.15, -0.1) is 30.4 Å².